The van der Waals surface area contributed by atoms with E-state index in [1.54, 1.807) is 0 Å². The first-order valence-corrected chi connectivity index (χ1v) is 5.48. The van der Waals surface area contributed by atoms with Crippen LogP contribution in [-0.2, 0) is 9.47 Å². The van der Waals surface area contributed by atoms with Crippen molar-refractivity contribution in [3.05, 3.63) is 53.8 Å². The lowest BCUT2D eigenvalue weighted by atomic mass is 10.0. The molecule has 0 saturated heterocycles. The molecule has 0 radical (unpaired) electrons. The normalized spacial score (nSPS) is 17.0. The lowest BCUT2D eigenvalue weighted by Gasteiger charge is -2.10. The van der Waals surface area contributed by atoms with Crippen molar-refractivity contribution in [3.8, 4) is 0 Å². The highest BCUT2D eigenvalue weighted by atomic mass is 16.7. The van der Waals surface area contributed by atoms with Gasteiger partial charge in [0.25, 0.3) is 0 Å². The molecule has 3 heteroatoms. The number of carbonyl (C=O) groups is 1. The number of hydrogen-bond acceptors (Lipinski definition) is 3. The molecule has 0 saturated carbocycles. The summed E-state index contributed by atoms with van der Waals surface area (Å²) in [4.78, 5) is 11.3. The van der Waals surface area contributed by atoms with Crippen LogP contribution in [0.25, 0.3) is 6.08 Å². The van der Waals surface area contributed by atoms with Crippen molar-refractivity contribution in [2.45, 2.75) is 12.8 Å². The van der Waals surface area contributed by atoms with Crippen LogP contribution in [-0.4, -0.2) is 12.8 Å². The molecule has 17 heavy (non-hydrogen) atoms. The van der Waals surface area contributed by atoms with Crippen molar-refractivity contribution in [2.24, 2.45) is 0 Å². The highest BCUT2D eigenvalue weighted by Gasteiger charge is 2.24. The number of carbonyl (C=O) groups excluding carboxylic acids is 1. The summed E-state index contributed by atoms with van der Waals surface area (Å²) in [6.45, 7) is 5.62. The first-order valence-electron chi connectivity index (χ1n) is 5.48. The number of hydrogen-bond donors (Lipinski definition) is 0. The standard InChI is InChI=1S/C14H14O3/c1-3-8-16-14(15)17-13-9-11-6-4-5-7-12(11)10(13)2/h3-7,9-10H,1,8H2,2H3. The van der Waals surface area contributed by atoms with Gasteiger partial charge in [-0.15, -0.1) is 0 Å². The van der Waals surface area contributed by atoms with Crippen LogP contribution in [0.3, 0.4) is 0 Å². The number of allylic oxidation sites excluding steroid dienone is 1. The van der Waals surface area contributed by atoms with Gasteiger partial charge in [0.1, 0.15) is 12.4 Å². The van der Waals surface area contributed by atoms with E-state index in [1.807, 2.05) is 37.3 Å². The van der Waals surface area contributed by atoms with Gasteiger partial charge in [0, 0.05) is 5.92 Å². The zero-order chi connectivity index (χ0) is 12.3. The molecule has 1 aromatic carbocycles. The fourth-order valence-corrected chi connectivity index (χ4v) is 1.84. The van der Waals surface area contributed by atoms with Gasteiger partial charge in [0.2, 0.25) is 0 Å². The zero-order valence-electron chi connectivity index (χ0n) is 9.68. The average Bonchev–Trinajstić information content (AvgIpc) is 2.64. The van der Waals surface area contributed by atoms with Crippen LogP contribution in [0.1, 0.15) is 24.0 Å². The smallest absolute Gasteiger partial charge is 0.430 e. The molecule has 2 rings (SSSR count). The molecule has 0 fully saturated rings. The molecular weight excluding hydrogens is 216 g/mol. The Hall–Kier alpha value is -2.03. The van der Waals surface area contributed by atoms with Crippen molar-refractivity contribution < 1.29 is 14.3 Å². The van der Waals surface area contributed by atoms with Crippen molar-refractivity contribution in [1.29, 1.82) is 0 Å². The molecule has 1 aliphatic carbocycles. The van der Waals surface area contributed by atoms with Crippen LogP contribution >= 0.6 is 0 Å². The van der Waals surface area contributed by atoms with Crippen LogP contribution in [0.15, 0.2) is 42.7 Å². The second kappa shape index (κ2) is 4.87. The van der Waals surface area contributed by atoms with E-state index in [9.17, 15) is 4.79 Å². The van der Waals surface area contributed by atoms with Gasteiger partial charge in [-0.05, 0) is 17.2 Å². The third-order valence-electron chi connectivity index (χ3n) is 2.71. The minimum Gasteiger partial charge on any atom is -0.430 e. The SMILES string of the molecule is C=CCOC(=O)OC1=Cc2ccccc2C1C. The molecule has 1 aliphatic rings. The van der Waals surface area contributed by atoms with Gasteiger partial charge in [0.15, 0.2) is 0 Å². The number of rotatable bonds is 3. The summed E-state index contributed by atoms with van der Waals surface area (Å²) >= 11 is 0. The zero-order valence-corrected chi connectivity index (χ0v) is 9.68. The highest BCUT2D eigenvalue weighted by Crippen LogP contribution is 2.36. The number of ether oxygens (including phenoxy) is 2. The van der Waals surface area contributed by atoms with Gasteiger partial charge in [-0.1, -0.05) is 43.8 Å². The molecule has 0 spiro atoms. The van der Waals surface area contributed by atoms with Gasteiger partial charge in [-0.2, -0.15) is 0 Å². The minimum absolute atomic E-state index is 0.0856. The fourth-order valence-electron chi connectivity index (χ4n) is 1.84. The Balaban J connectivity index is 2.06. The van der Waals surface area contributed by atoms with E-state index in [2.05, 4.69) is 6.58 Å². The molecule has 0 N–H and O–H groups in total. The Morgan fingerprint density at radius 3 is 2.94 bits per heavy atom. The Bertz CT molecular complexity index is 474. The number of benzene rings is 1. The van der Waals surface area contributed by atoms with E-state index in [0.29, 0.717) is 5.76 Å². The lowest BCUT2D eigenvalue weighted by molar-refractivity contribution is 0.0841. The monoisotopic (exact) mass is 230 g/mol. The lowest BCUT2D eigenvalue weighted by Crippen LogP contribution is -2.08. The predicted octanol–water partition coefficient (Wildman–Crippen LogP) is 3.48. The third kappa shape index (κ3) is 2.38. The molecule has 1 unspecified atom stereocenters. The van der Waals surface area contributed by atoms with Crippen molar-refractivity contribution in [3.63, 3.8) is 0 Å². The molecule has 0 bridgehead atoms. The Morgan fingerprint density at radius 1 is 1.47 bits per heavy atom. The van der Waals surface area contributed by atoms with Gasteiger partial charge in [-0.3, -0.25) is 0 Å². The van der Waals surface area contributed by atoms with Gasteiger partial charge in [0.05, 0.1) is 0 Å². The Labute approximate surface area is 100 Å². The van der Waals surface area contributed by atoms with Gasteiger partial charge in [-0.25, -0.2) is 4.79 Å². The molecule has 0 aliphatic heterocycles. The van der Waals surface area contributed by atoms with Crippen molar-refractivity contribution >= 4 is 12.2 Å². The Kier molecular flexibility index (Phi) is 3.28. The minimum atomic E-state index is -0.684. The van der Waals surface area contributed by atoms with Gasteiger partial charge >= 0.3 is 6.16 Å². The summed E-state index contributed by atoms with van der Waals surface area (Å²) in [7, 11) is 0. The maximum absolute atomic E-state index is 11.3. The van der Waals surface area contributed by atoms with Crippen LogP contribution in [0.4, 0.5) is 4.79 Å². The summed E-state index contributed by atoms with van der Waals surface area (Å²) in [5.41, 5.74) is 2.26. The highest BCUT2D eigenvalue weighted by molar-refractivity contribution is 5.69. The summed E-state index contributed by atoms with van der Waals surface area (Å²) < 4.78 is 9.94. The van der Waals surface area contributed by atoms with E-state index in [4.69, 9.17) is 9.47 Å². The van der Waals surface area contributed by atoms with Crippen LogP contribution in [0, 0.1) is 0 Å². The largest absolute Gasteiger partial charge is 0.513 e. The quantitative estimate of drug-likeness (QED) is 0.589. The second-order valence-electron chi connectivity index (χ2n) is 3.85. The van der Waals surface area contributed by atoms with Crippen molar-refractivity contribution in [2.75, 3.05) is 6.61 Å². The first-order chi connectivity index (χ1) is 8.22. The molecule has 0 aromatic heterocycles. The summed E-state index contributed by atoms with van der Waals surface area (Å²) in [5, 5.41) is 0. The summed E-state index contributed by atoms with van der Waals surface area (Å²) in [5.74, 6) is 0.711. The molecule has 88 valence electrons. The van der Waals surface area contributed by atoms with Crippen molar-refractivity contribution in [1.82, 2.24) is 0 Å². The van der Waals surface area contributed by atoms with Crippen LogP contribution in [0.2, 0.25) is 0 Å². The summed E-state index contributed by atoms with van der Waals surface area (Å²) in [6, 6.07) is 7.96. The van der Waals surface area contributed by atoms with E-state index in [0.717, 1.165) is 5.56 Å². The fraction of sp³-hybridized carbons (Fsp3) is 0.214. The molecule has 3 nitrogen and oxygen atoms in total. The van der Waals surface area contributed by atoms with E-state index < -0.39 is 6.16 Å². The maximum Gasteiger partial charge on any atom is 0.513 e. The molecule has 1 atom stereocenters. The van der Waals surface area contributed by atoms with E-state index >= 15 is 0 Å². The summed E-state index contributed by atoms with van der Waals surface area (Å²) in [6.07, 6.45) is 2.69. The second-order valence-corrected chi connectivity index (χ2v) is 3.85. The number of fused-ring (bicyclic) bond motifs is 1. The predicted molar refractivity (Wildman–Crippen MR) is 65.5 cm³/mol. The first kappa shape index (κ1) is 11.5. The molecular formula is C14H14O3. The van der Waals surface area contributed by atoms with E-state index in [-0.39, 0.29) is 12.5 Å². The third-order valence-corrected chi connectivity index (χ3v) is 2.71. The van der Waals surface area contributed by atoms with Gasteiger partial charge < -0.3 is 9.47 Å². The molecule has 0 amide bonds. The van der Waals surface area contributed by atoms with Crippen LogP contribution in [0.5, 0.6) is 0 Å². The Morgan fingerprint density at radius 2 is 2.24 bits per heavy atom. The van der Waals surface area contributed by atoms with Crippen LogP contribution < -0.4 is 0 Å². The van der Waals surface area contributed by atoms with E-state index in [1.165, 1.54) is 11.6 Å². The molecule has 0 heterocycles. The maximum atomic E-state index is 11.3. The topological polar surface area (TPSA) is 35.5 Å². The molecule has 1 aromatic rings. The average molecular weight is 230 g/mol.